The molecule has 0 aliphatic carbocycles. The van der Waals surface area contributed by atoms with Crippen molar-refractivity contribution in [2.45, 2.75) is 32.0 Å². The van der Waals surface area contributed by atoms with Crippen LogP contribution in [0.2, 0.25) is 0 Å². The van der Waals surface area contributed by atoms with Crippen LogP contribution in [0.4, 0.5) is 0 Å². The maximum absolute atomic E-state index is 12.9. The lowest BCUT2D eigenvalue weighted by molar-refractivity contribution is -0.136. The summed E-state index contributed by atoms with van der Waals surface area (Å²) in [5.41, 5.74) is 3.92. The molecule has 7 nitrogen and oxygen atoms in total. The quantitative estimate of drug-likeness (QED) is 0.648. The maximum Gasteiger partial charge on any atom is 0.255 e. The van der Waals surface area contributed by atoms with Gasteiger partial charge in [-0.1, -0.05) is 36.4 Å². The molecular formula is C25H21N3O4. The zero-order valence-corrected chi connectivity index (χ0v) is 17.3. The van der Waals surface area contributed by atoms with E-state index in [1.807, 2.05) is 48.5 Å². The van der Waals surface area contributed by atoms with E-state index in [0.717, 1.165) is 22.3 Å². The van der Waals surface area contributed by atoms with E-state index in [2.05, 4.69) is 5.32 Å². The largest absolute Gasteiger partial charge is 0.322 e. The number of rotatable bonds is 4. The zero-order chi connectivity index (χ0) is 22.2. The summed E-state index contributed by atoms with van der Waals surface area (Å²) in [6, 6.07) is 18.1. The first-order valence-electron chi connectivity index (χ1n) is 10.5. The summed E-state index contributed by atoms with van der Waals surface area (Å²) >= 11 is 0. The normalized spacial score (nSPS) is 17.9. The van der Waals surface area contributed by atoms with Gasteiger partial charge in [-0.25, -0.2) is 0 Å². The van der Waals surface area contributed by atoms with E-state index in [1.165, 1.54) is 4.90 Å². The minimum absolute atomic E-state index is 0.104. The lowest BCUT2D eigenvalue weighted by atomic mass is 10.0. The lowest BCUT2D eigenvalue weighted by Crippen LogP contribution is -2.52. The fourth-order valence-electron chi connectivity index (χ4n) is 4.35. The first-order valence-corrected chi connectivity index (χ1v) is 10.5. The Labute approximate surface area is 184 Å². The highest BCUT2D eigenvalue weighted by Gasteiger charge is 2.39. The van der Waals surface area contributed by atoms with Crippen LogP contribution in [0, 0.1) is 0 Å². The number of aromatic nitrogens is 1. The highest BCUT2D eigenvalue weighted by molar-refractivity contribution is 6.05. The number of benzene rings is 2. The maximum atomic E-state index is 12.9. The summed E-state index contributed by atoms with van der Waals surface area (Å²) in [6.45, 7) is 0.804. The molecule has 2 aliphatic heterocycles. The van der Waals surface area contributed by atoms with E-state index >= 15 is 0 Å². The molecule has 3 aromatic rings. The monoisotopic (exact) mass is 427 g/mol. The predicted molar refractivity (Wildman–Crippen MR) is 118 cm³/mol. The number of hydrogen-bond acceptors (Lipinski definition) is 4. The number of imide groups is 1. The molecular weight excluding hydrogens is 406 g/mol. The number of nitrogens with one attached hydrogen (secondary N) is 1. The lowest BCUT2D eigenvalue weighted by Gasteiger charge is -2.29. The Morgan fingerprint density at radius 3 is 2.44 bits per heavy atom. The molecule has 5 rings (SSSR count). The molecule has 2 aromatic carbocycles. The Morgan fingerprint density at radius 1 is 0.906 bits per heavy atom. The molecule has 7 heteroatoms. The molecule has 1 aromatic heterocycles. The first kappa shape index (κ1) is 19.9. The summed E-state index contributed by atoms with van der Waals surface area (Å²) in [6.07, 6.45) is 2.33. The third kappa shape index (κ3) is 3.62. The van der Waals surface area contributed by atoms with Gasteiger partial charge in [-0.2, -0.15) is 0 Å². The number of hydrogen-bond donors (Lipinski definition) is 1. The van der Waals surface area contributed by atoms with Crippen molar-refractivity contribution in [1.82, 2.24) is 14.8 Å². The second kappa shape index (κ2) is 7.92. The molecule has 0 bridgehead atoms. The van der Waals surface area contributed by atoms with Crippen LogP contribution in [0.3, 0.4) is 0 Å². The molecule has 2 aliphatic rings. The summed E-state index contributed by atoms with van der Waals surface area (Å²) in [4.78, 5) is 50.7. The number of pyridine rings is 1. The van der Waals surface area contributed by atoms with Crippen molar-refractivity contribution >= 4 is 17.7 Å². The Morgan fingerprint density at radius 2 is 1.69 bits per heavy atom. The van der Waals surface area contributed by atoms with Gasteiger partial charge in [0.2, 0.25) is 11.8 Å². The molecule has 1 fully saturated rings. The van der Waals surface area contributed by atoms with Crippen molar-refractivity contribution in [2.24, 2.45) is 0 Å². The summed E-state index contributed by atoms with van der Waals surface area (Å²) in [5, 5.41) is 2.31. The van der Waals surface area contributed by atoms with Gasteiger partial charge in [0.05, 0.1) is 6.54 Å². The van der Waals surface area contributed by atoms with Crippen LogP contribution in [0.25, 0.3) is 11.1 Å². The summed E-state index contributed by atoms with van der Waals surface area (Å²) in [7, 11) is 0. The second-order valence-corrected chi connectivity index (χ2v) is 8.14. The predicted octanol–water partition coefficient (Wildman–Crippen LogP) is 2.32. The molecule has 160 valence electrons. The van der Waals surface area contributed by atoms with E-state index in [9.17, 15) is 19.2 Å². The van der Waals surface area contributed by atoms with E-state index in [-0.39, 0.29) is 23.8 Å². The number of carbonyl (C=O) groups excluding carboxylic acids is 3. The van der Waals surface area contributed by atoms with E-state index < -0.39 is 11.9 Å². The topological polar surface area (TPSA) is 88.5 Å². The molecule has 0 radical (unpaired) electrons. The zero-order valence-electron chi connectivity index (χ0n) is 17.3. The molecule has 0 spiro atoms. The minimum atomic E-state index is -0.641. The number of fused-ring (bicyclic) bond motifs is 1. The van der Waals surface area contributed by atoms with Gasteiger partial charge in [0, 0.05) is 30.8 Å². The molecule has 1 saturated heterocycles. The Bertz CT molecular complexity index is 1300. The molecule has 1 N–H and O–H groups in total. The molecule has 32 heavy (non-hydrogen) atoms. The SMILES string of the molecule is O=C1CCC(N2Cc3cc(-c4ccn(Cc5ccccc5)c(=O)c4)ccc3C2=O)C(=O)N1. The number of carbonyl (C=O) groups is 3. The Balaban J connectivity index is 1.38. The van der Waals surface area contributed by atoms with Crippen LogP contribution in [-0.2, 0) is 22.7 Å². The van der Waals surface area contributed by atoms with Gasteiger partial charge in [-0.3, -0.25) is 24.5 Å². The Hall–Kier alpha value is -4.00. The third-order valence-electron chi connectivity index (χ3n) is 6.05. The van der Waals surface area contributed by atoms with Crippen molar-refractivity contribution in [3.63, 3.8) is 0 Å². The van der Waals surface area contributed by atoms with Crippen LogP contribution in [0.1, 0.15) is 34.3 Å². The third-order valence-corrected chi connectivity index (χ3v) is 6.05. The van der Waals surface area contributed by atoms with Gasteiger partial charge in [-0.15, -0.1) is 0 Å². The van der Waals surface area contributed by atoms with E-state index in [0.29, 0.717) is 25.1 Å². The van der Waals surface area contributed by atoms with Crippen molar-refractivity contribution < 1.29 is 14.4 Å². The average molecular weight is 427 g/mol. The van der Waals surface area contributed by atoms with Crippen molar-refractivity contribution in [1.29, 1.82) is 0 Å². The van der Waals surface area contributed by atoms with Crippen molar-refractivity contribution in [3.8, 4) is 11.1 Å². The second-order valence-electron chi connectivity index (χ2n) is 8.14. The Kier molecular flexibility index (Phi) is 4.93. The van der Waals surface area contributed by atoms with Crippen LogP contribution in [-0.4, -0.2) is 33.2 Å². The van der Waals surface area contributed by atoms with Crippen molar-refractivity contribution in [2.75, 3.05) is 0 Å². The standard InChI is InChI=1S/C25H21N3O4/c29-22-9-8-21(24(31)26-22)28-15-19-12-17(6-7-20(19)25(28)32)18-10-11-27(23(30)13-18)14-16-4-2-1-3-5-16/h1-7,10-13,21H,8-9,14-15H2,(H,26,29,31). The molecule has 3 amide bonds. The first-order chi connectivity index (χ1) is 15.5. The van der Waals surface area contributed by atoms with E-state index in [4.69, 9.17) is 0 Å². The highest BCUT2D eigenvalue weighted by Crippen LogP contribution is 2.30. The summed E-state index contributed by atoms with van der Waals surface area (Å²) in [5.74, 6) is -0.941. The minimum Gasteiger partial charge on any atom is -0.322 e. The molecule has 0 saturated carbocycles. The van der Waals surface area contributed by atoms with Gasteiger partial charge in [0.15, 0.2) is 0 Å². The number of nitrogens with zero attached hydrogens (tertiary/aromatic N) is 2. The molecule has 1 atom stereocenters. The fourth-order valence-corrected chi connectivity index (χ4v) is 4.35. The van der Waals surface area contributed by atoms with Gasteiger partial charge in [-0.05, 0) is 46.9 Å². The molecule has 1 unspecified atom stereocenters. The van der Waals surface area contributed by atoms with Gasteiger partial charge < -0.3 is 9.47 Å². The smallest absolute Gasteiger partial charge is 0.255 e. The highest BCUT2D eigenvalue weighted by atomic mass is 16.2. The molecule has 3 heterocycles. The van der Waals surface area contributed by atoms with Gasteiger partial charge in [0.1, 0.15) is 6.04 Å². The van der Waals surface area contributed by atoms with Gasteiger partial charge >= 0.3 is 0 Å². The van der Waals surface area contributed by atoms with Gasteiger partial charge in [0.25, 0.3) is 11.5 Å². The number of piperidine rings is 1. The number of amides is 3. The van der Waals surface area contributed by atoms with Crippen LogP contribution in [0.15, 0.2) is 71.7 Å². The van der Waals surface area contributed by atoms with Crippen molar-refractivity contribution in [3.05, 3.63) is 93.9 Å². The van der Waals surface area contributed by atoms with Crippen LogP contribution in [0.5, 0.6) is 0 Å². The van der Waals surface area contributed by atoms with E-state index in [1.54, 1.807) is 22.9 Å². The van der Waals surface area contributed by atoms with Crippen LogP contribution >= 0.6 is 0 Å². The summed E-state index contributed by atoms with van der Waals surface area (Å²) < 4.78 is 1.65. The average Bonchev–Trinajstić information content (AvgIpc) is 3.11. The van der Waals surface area contributed by atoms with Crippen LogP contribution < -0.4 is 10.9 Å². The fraction of sp³-hybridized carbons (Fsp3) is 0.200.